The molecule has 0 radical (unpaired) electrons. The van der Waals surface area contributed by atoms with E-state index in [0.717, 1.165) is 21.6 Å². The van der Waals surface area contributed by atoms with Crippen molar-refractivity contribution in [2.45, 2.75) is 0 Å². The standard InChI is InChI=1S/C18H12BrNO3/c19-12-5-3-6-13(11-12)22-23-17-10-4-9-16-18(17)20-14-7-1-2-8-15(14)21-16/h1-11,20H. The first-order valence-corrected chi connectivity index (χ1v) is 7.86. The maximum atomic E-state index is 5.88. The third-order valence-corrected chi connectivity index (χ3v) is 3.87. The molecular weight excluding hydrogens is 358 g/mol. The summed E-state index contributed by atoms with van der Waals surface area (Å²) in [5, 5.41) is 3.32. The third kappa shape index (κ3) is 2.83. The Kier molecular flexibility index (Phi) is 3.55. The number of ether oxygens (including phenoxy) is 1. The van der Waals surface area contributed by atoms with Crippen molar-refractivity contribution >= 4 is 27.3 Å². The zero-order valence-corrected chi connectivity index (χ0v) is 13.5. The Morgan fingerprint density at radius 3 is 2.57 bits per heavy atom. The molecule has 4 nitrogen and oxygen atoms in total. The Morgan fingerprint density at radius 1 is 0.826 bits per heavy atom. The van der Waals surface area contributed by atoms with Gasteiger partial charge in [0.05, 0.1) is 5.69 Å². The van der Waals surface area contributed by atoms with E-state index < -0.39 is 0 Å². The summed E-state index contributed by atoms with van der Waals surface area (Å²) in [5.74, 6) is 2.63. The molecule has 23 heavy (non-hydrogen) atoms. The molecule has 0 bridgehead atoms. The minimum Gasteiger partial charge on any atom is -0.453 e. The summed E-state index contributed by atoms with van der Waals surface area (Å²) in [5.41, 5.74) is 1.62. The van der Waals surface area contributed by atoms with Crippen molar-refractivity contribution in [2.75, 3.05) is 5.32 Å². The number of para-hydroxylation sites is 3. The number of hydrogen-bond acceptors (Lipinski definition) is 4. The Balaban J connectivity index is 1.59. The van der Waals surface area contributed by atoms with Crippen LogP contribution in [0.3, 0.4) is 0 Å². The van der Waals surface area contributed by atoms with E-state index in [2.05, 4.69) is 21.2 Å². The highest BCUT2D eigenvalue weighted by Crippen LogP contribution is 2.46. The average Bonchev–Trinajstić information content (AvgIpc) is 2.58. The first-order chi connectivity index (χ1) is 11.3. The summed E-state index contributed by atoms with van der Waals surface area (Å²) in [6.07, 6.45) is 0. The summed E-state index contributed by atoms with van der Waals surface area (Å²) in [6.45, 7) is 0. The van der Waals surface area contributed by atoms with Crippen LogP contribution in [0.15, 0.2) is 71.2 Å². The molecule has 5 heteroatoms. The van der Waals surface area contributed by atoms with Gasteiger partial charge in [-0.3, -0.25) is 9.78 Å². The smallest absolute Gasteiger partial charge is 0.205 e. The van der Waals surface area contributed by atoms with Crippen LogP contribution in [0.5, 0.6) is 23.0 Å². The summed E-state index contributed by atoms with van der Waals surface area (Å²) in [4.78, 5) is 10.9. The molecule has 3 aromatic rings. The quantitative estimate of drug-likeness (QED) is 0.373. The van der Waals surface area contributed by atoms with Gasteiger partial charge in [-0.15, -0.1) is 0 Å². The lowest BCUT2D eigenvalue weighted by Gasteiger charge is -2.23. The average molecular weight is 370 g/mol. The Morgan fingerprint density at radius 2 is 1.65 bits per heavy atom. The second-order valence-corrected chi connectivity index (χ2v) is 5.89. The maximum Gasteiger partial charge on any atom is 0.205 e. The van der Waals surface area contributed by atoms with Crippen LogP contribution in [0.4, 0.5) is 11.4 Å². The van der Waals surface area contributed by atoms with Gasteiger partial charge in [0.1, 0.15) is 5.69 Å². The molecule has 0 fully saturated rings. The SMILES string of the molecule is Brc1cccc(OOc2cccc3c2Nc2ccccc2O3)c1. The molecular formula is C18H12BrNO3. The van der Waals surface area contributed by atoms with Crippen molar-refractivity contribution in [1.82, 2.24) is 0 Å². The van der Waals surface area contributed by atoms with Crippen LogP contribution in [0.2, 0.25) is 0 Å². The summed E-state index contributed by atoms with van der Waals surface area (Å²) in [7, 11) is 0. The summed E-state index contributed by atoms with van der Waals surface area (Å²) >= 11 is 3.40. The first-order valence-electron chi connectivity index (χ1n) is 7.06. The van der Waals surface area contributed by atoms with Gasteiger partial charge < -0.3 is 10.1 Å². The lowest BCUT2D eigenvalue weighted by atomic mass is 10.2. The lowest BCUT2D eigenvalue weighted by molar-refractivity contribution is -0.0993. The van der Waals surface area contributed by atoms with Gasteiger partial charge in [0.2, 0.25) is 5.75 Å². The van der Waals surface area contributed by atoms with Crippen molar-refractivity contribution in [3.63, 3.8) is 0 Å². The van der Waals surface area contributed by atoms with Crippen LogP contribution >= 0.6 is 15.9 Å². The van der Waals surface area contributed by atoms with E-state index in [9.17, 15) is 0 Å². The van der Waals surface area contributed by atoms with E-state index >= 15 is 0 Å². The monoisotopic (exact) mass is 369 g/mol. The molecule has 114 valence electrons. The molecule has 4 rings (SSSR count). The highest BCUT2D eigenvalue weighted by Gasteiger charge is 2.20. The number of hydrogen-bond donors (Lipinski definition) is 1. The van der Waals surface area contributed by atoms with Crippen LogP contribution in [0.1, 0.15) is 0 Å². The van der Waals surface area contributed by atoms with E-state index in [0.29, 0.717) is 17.2 Å². The Hall–Kier alpha value is -2.66. The van der Waals surface area contributed by atoms with Crippen LogP contribution < -0.4 is 19.8 Å². The number of fused-ring (bicyclic) bond motifs is 2. The third-order valence-electron chi connectivity index (χ3n) is 3.38. The minimum absolute atomic E-state index is 0.553. The molecule has 1 aliphatic heterocycles. The van der Waals surface area contributed by atoms with Gasteiger partial charge in [0.25, 0.3) is 0 Å². The Labute approximate surface area is 141 Å². The summed E-state index contributed by atoms with van der Waals surface area (Å²) < 4.78 is 6.80. The zero-order chi connectivity index (χ0) is 15.6. The normalized spacial score (nSPS) is 11.5. The number of halogens is 1. The van der Waals surface area contributed by atoms with Gasteiger partial charge in [0.15, 0.2) is 17.2 Å². The molecule has 1 N–H and O–H groups in total. The second-order valence-electron chi connectivity index (χ2n) is 4.98. The number of anilines is 2. The fraction of sp³-hybridized carbons (Fsp3) is 0. The van der Waals surface area contributed by atoms with E-state index in [1.54, 1.807) is 0 Å². The van der Waals surface area contributed by atoms with E-state index in [1.165, 1.54) is 0 Å². The van der Waals surface area contributed by atoms with Crippen LogP contribution in [-0.4, -0.2) is 0 Å². The van der Waals surface area contributed by atoms with Crippen molar-refractivity contribution < 1.29 is 14.5 Å². The maximum absolute atomic E-state index is 5.88. The van der Waals surface area contributed by atoms with Gasteiger partial charge in [-0.1, -0.05) is 40.2 Å². The number of nitrogens with one attached hydrogen (secondary N) is 1. The number of rotatable bonds is 3. The molecule has 1 aliphatic rings. The van der Waals surface area contributed by atoms with Crippen LogP contribution in [0.25, 0.3) is 0 Å². The van der Waals surface area contributed by atoms with E-state index in [1.807, 2.05) is 66.7 Å². The molecule has 0 atom stereocenters. The molecule has 0 amide bonds. The zero-order valence-electron chi connectivity index (χ0n) is 12.0. The summed E-state index contributed by atoms with van der Waals surface area (Å²) in [6, 6.07) is 20.7. The Bertz CT molecular complexity index is 866. The highest BCUT2D eigenvalue weighted by molar-refractivity contribution is 9.10. The molecule has 0 aromatic heterocycles. The van der Waals surface area contributed by atoms with Crippen molar-refractivity contribution in [3.05, 3.63) is 71.2 Å². The molecule has 0 aliphatic carbocycles. The van der Waals surface area contributed by atoms with Gasteiger partial charge in [0, 0.05) is 4.47 Å². The van der Waals surface area contributed by atoms with Crippen molar-refractivity contribution in [3.8, 4) is 23.0 Å². The van der Waals surface area contributed by atoms with Crippen LogP contribution in [0, 0.1) is 0 Å². The molecule has 0 saturated carbocycles. The minimum atomic E-state index is 0.553. The van der Waals surface area contributed by atoms with E-state index in [-0.39, 0.29) is 0 Å². The van der Waals surface area contributed by atoms with Crippen molar-refractivity contribution in [2.24, 2.45) is 0 Å². The lowest BCUT2D eigenvalue weighted by Crippen LogP contribution is -2.07. The highest BCUT2D eigenvalue weighted by atomic mass is 79.9. The van der Waals surface area contributed by atoms with Crippen molar-refractivity contribution in [1.29, 1.82) is 0 Å². The van der Waals surface area contributed by atoms with Gasteiger partial charge in [-0.05, 0) is 42.5 Å². The molecule has 0 unspecified atom stereocenters. The molecule has 1 heterocycles. The van der Waals surface area contributed by atoms with E-state index in [4.69, 9.17) is 14.5 Å². The topological polar surface area (TPSA) is 39.7 Å². The predicted octanol–water partition coefficient (Wildman–Crippen LogP) is 5.67. The van der Waals surface area contributed by atoms with Crippen LogP contribution in [-0.2, 0) is 0 Å². The van der Waals surface area contributed by atoms with Gasteiger partial charge in [-0.2, -0.15) is 0 Å². The largest absolute Gasteiger partial charge is 0.453 e. The fourth-order valence-electron chi connectivity index (χ4n) is 2.31. The first kappa shape index (κ1) is 14.0. The molecule has 0 spiro atoms. The number of benzene rings is 3. The van der Waals surface area contributed by atoms with Gasteiger partial charge >= 0.3 is 0 Å². The fourth-order valence-corrected chi connectivity index (χ4v) is 2.69. The molecule has 3 aromatic carbocycles. The van der Waals surface area contributed by atoms with Gasteiger partial charge in [-0.25, -0.2) is 0 Å². The predicted molar refractivity (Wildman–Crippen MR) is 91.6 cm³/mol. The molecule has 0 saturated heterocycles. The second kappa shape index (κ2) is 5.85.